The smallest absolute Gasteiger partial charge is 0.350 e. The molecule has 0 fully saturated rings. The number of carbonyl (C=O) groups excluding carboxylic acids is 1. The van der Waals surface area contributed by atoms with Gasteiger partial charge in [-0.3, -0.25) is 15.5 Å². The van der Waals surface area contributed by atoms with E-state index in [1.54, 1.807) is 13.0 Å². The number of nitrogens with one attached hydrogen (secondary N) is 1. The number of nitro groups is 1. The van der Waals surface area contributed by atoms with Crippen LogP contribution in [0.15, 0.2) is 23.3 Å². The molecule has 1 aromatic carbocycles. The lowest BCUT2D eigenvalue weighted by molar-refractivity contribution is -0.384. The molecule has 0 amide bonds. The van der Waals surface area contributed by atoms with Crippen LogP contribution in [0.25, 0.3) is 0 Å². The molecule has 8 nitrogen and oxygen atoms in total. The summed E-state index contributed by atoms with van der Waals surface area (Å²) in [5, 5.41) is 15.2. The molecule has 0 aliphatic heterocycles. The van der Waals surface area contributed by atoms with Crippen molar-refractivity contribution in [1.29, 1.82) is 0 Å². The summed E-state index contributed by atoms with van der Waals surface area (Å²) in [4.78, 5) is 26.2. The van der Waals surface area contributed by atoms with Crippen LogP contribution in [0, 0.1) is 17.0 Å². The highest BCUT2D eigenvalue weighted by Crippen LogP contribution is 2.25. The van der Waals surface area contributed by atoms with Crippen molar-refractivity contribution in [3.63, 3.8) is 0 Å². The number of benzene rings is 1. The summed E-state index contributed by atoms with van der Waals surface area (Å²) in [6.07, 6.45) is 1.39. The van der Waals surface area contributed by atoms with Crippen molar-refractivity contribution in [2.45, 2.75) is 6.92 Å². The van der Waals surface area contributed by atoms with Gasteiger partial charge in [-0.1, -0.05) is 29.0 Å². The first-order chi connectivity index (χ1) is 10.9. The number of esters is 1. The van der Waals surface area contributed by atoms with Crippen LogP contribution >= 0.6 is 22.9 Å². The van der Waals surface area contributed by atoms with Crippen LogP contribution in [-0.2, 0) is 4.74 Å². The molecule has 0 bridgehead atoms. The number of ether oxygens (including phenoxy) is 1. The van der Waals surface area contributed by atoms with Gasteiger partial charge in [0.2, 0.25) is 5.13 Å². The fourth-order valence-electron chi connectivity index (χ4n) is 1.64. The van der Waals surface area contributed by atoms with Crippen LogP contribution in [0.1, 0.15) is 20.9 Å². The number of methoxy groups -OCH3 is 1. The molecule has 0 aliphatic carbocycles. The van der Waals surface area contributed by atoms with Gasteiger partial charge in [0, 0.05) is 11.6 Å². The highest BCUT2D eigenvalue weighted by molar-refractivity contribution is 7.17. The monoisotopic (exact) mass is 354 g/mol. The van der Waals surface area contributed by atoms with Gasteiger partial charge < -0.3 is 4.74 Å². The molecule has 1 aromatic heterocycles. The number of nitrogens with zero attached hydrogens (tertiary/aromatic N) is 3. The molecule has 1 N–H and O–H groups in total. The minimum atomic E-state index is -0.570. The Morgan fingerprint density at radius 1 is 1.57 bits per heavy atom. The summed E-state index contributed by atoms with van der Waals surface area (Å²) >= 11 is 6.83. The minimum Gasteiger partial charge on any atom is -0.465 e. The number of hydrogen-bond acceptors (Lipinski definition) is 8. The molecule has 0 saturated carbocycles. The van der Waals surface area contributed by atoms with Crippen molar-refractivity contribution in [2.75, 3.05) is 12.5 Å². The second-order valence-corrected chi connectivity index (χ2v) is 5.67. The highest BCUT2D eigenvalue weighted by atomic mass is 35.5. The molecule has 0 radical (unpaired) electrons. The highest BCUT2D eigenvalue weighted by Gasteiger charge is 2.15. The van der Waals surface area contributed by atoms with Crippen molar-refractivity contribution in [2.24, 2.45) is 5.10 Å². The van der Waals surface area contributed by atoms with Gasteiger partial charge in [-0.25, -0.2) is 9.78 Å². The maximum absolute atomic E-state index is 11.5. The normalized spacial score (nSPS) is 10.7. The minimum absolute atomic E-state index is 0.0541. The number of carbonyl (C=O) groups is 1. The fourth-order valence-corrected chi connectivity index (χ4v) is 2.66. The Bertz CT molecular complexity index is 790. The van der Waals surface area contributed by atoms with E-state index in [-0.39, 0.29) is 10.7 Å². The Balaban J connectivity index is 2.12. The number of aryl methyl sites for hydroxylation is 1. The van der Waals surface area contributed by atoms with Gasteiger partial charge >= 0.3 is 5.97 Å². The average Bonchev–Trinajstić information content (AvgIpc) is 2.88. The molecule has 2 aromatic rings. The predicted molar refractivity (Wildman–Crippen MR) is 87.5 cm³/mol. The van der Waals surface area contributed by atoms with E-state index in [2.05, 4.69) is 20.2 Å². The number of hydrazone groups is 1. The number of halogens is 1. The van der Waals surface area contributed by atoms with E-state index < -0.39 is 10.9 Å². The van der Waals surface area contributed by atoms with Gasteiger partial charge in [0.15, 0.2) is 0 Å². The second kappa shape index (κ2) is 7.16. The zero-order chi connectivity index (χ0) is 17.0. The molecule has 2 rings (SSSR count). The molecule has 0 unspecified atom stereocenters. The summed E-state index contributed by atoms with van der Waals surface area (Å²) in [5.41, 5.74) is 3.49. The standard InChI is InChI=1S/C13H11ClN4O4S/c1-7-11(12(19)22-2)23-13(16-7)17-15-6-8-3-4-9(14)10(5-8)18(20)21/h3-6H,1-2H3,(H,16,17)/b15-6+. The van der Waals surface area contributed by atoms with Crippen molar-refractivity contribution in [3.05, 3.63) is 49.5 Å². The van der Waals surface area contributed by atoms with Gasteiger partial charge in [0.25, 0.3) is 5.69 Å². The number of anilines is 1. The van der Waals surface area contributed by atoms with Crippen molar-refractivity contribution in [1.82, 2.24) is 4.98 Å². The summed E-state index contributed by atoms with van der Waals surface area (Å²) in [7, 11) is 1.29. The van der Waals surface area contributed by atoms with Crippen molar-refractivity contribution in [3.8, 4) is 0 Å². The van der Waals surface area contributed by atoms with E-state index in [0.717, 1.165) is 11.3 Å². The van der Waals surface area contributed by atoms with Crippen LogP contribution in [0.3, 0.4) is 0 Å². The third-order valence-corrected chi connectivity index (χ3v) is 4.07. The quantitative estimate of drug-likeness (QED) is 0.382. The van der Waals surface area contributed by atoms with E-state index in [9.17, 15) is 14.9 Å². The lowest BCUT2D eigenvalue weighted by atomic mass is 10.2. The zero-order valence-electron chi connectivity index (χ0n) is 12.1. The van der Waals surface area contributed by atoms with Crippen LogP contribution < -0.4 is 5.43 Å². The second-order valence-electron chi connectivity index (χ2n) is 4.26. The van der Waals surface area contributed by atoms with E-state index in [1.165, 1.54) is 25.5 Å². The van der Waals surface area contributed by atoms with Crippen LogP contribution in [-0.4, -0.2) is 29.2 Å². The number of rotatable bonds is 5. The summed E-state index contributed by atoms with van der Waals surface area (Å²) in [6, 6.07) is 4.32. The summed E-state index contributed by atoms with van der Waals surface area (Å²) in [6.45, 7) is 1.68. The van der Waals surface area contributed by atoms with E-state index in [0.29, 0.717) is 21.3 Å². The Kier molecular flexibility index (Phi) is 5.24. The lowest BCUT2D eigenvalue weighted by Crippen LogP contribution is -1.99. The van der Waals surface area contributed by atoms with Crippen molar-refractivity contribution < 1.29 is 14.5 Å². The third-order valence-electron chi connectivity index (χ3n) is 2.71. The number of aromatic nitrogens is 1. The Morgan fingerprint density at radius 2 is 2.30 bits per heavy atom. The largest absolute Gasteiger partial charge is 0.465 e. The third kappa shape index (κ3) is 4.02. The van der Waals surface area contributed by atoms with E-state index >= 15 is 0 Å². The summed E-state index contributed by atoms with van der Waals surface area (Å²) in [5.74, 6) is -0.467. The molecule has 120 valence electrons. The summed E-state index contributed by atoms with van der Waals surface area (Å²) < 4.78 is 4.64. The number of thiazole rings is 1. The maximum atomic E-state index is 11.5. The van der Waals surface area contributed by atoms with Gasteiger partial charge in [-0.05, 0) is 13.0 Å². The Hall–Kier alpha value is -2.52. The maximum Gasteiger partial charge on any atom is 0.350 e. The molecular weight excluding hydrogens is 344 g/mol. The number of nitro benzene ring substituents is 1. The fraction of sp³-hybridized carbons (Fsp3) is 0.154. The predicted octanol–water partition coefficient (Wildman–Crippen LogP) is 3.25. The first-order valence-corrected chi connectivity index (χ1v) is 7.40. The first-order valence-electron chi connectivity index (χ1n) is 6.21. The SMILES string of the molecule is COC(=O)c1sc(N/N=C/c2ccc(Cl)c([N+](=O)[O-])c2)nc1C. The molecule has 0 aliphatic rings. The number of hydrogen-bond donors (Lipinski definition) is 1. The lowest BCUT2D eigenvalue weighted by Gasteiger charge is -1.97. The Labute approximate surface area is 139 Å². The van der Waals surface area contributed by atoms with Crippen LogP contribution in [0.5, 0.6) is 0 Å². The van der Waals surface area contributed by atoms with Gasteiger partial charge in [-0.15, -0.1) is 0 Å². The van der Waals surface area contributed by atoms with E-state index in [4.69, 9.17) is 11.6 Å². The zero-order valence-corrected chi connectivity index (χ0v) is 13.6. The van der Waals surface area contributed by atoms with Gasteiger partial charge in [0.05, 0.1) is 23.9 Å². The van der Waals surface area contributed by atoms with Crippen LogP contribution in [0.2, 0.25) is 5.02 Å². The molecule has 23 heavy (non-hydrogen) atoms. The van der Waals surface area contributed by atoms with E-state index in [1.807, 2.05) is 0 Å². The molecule has 0 spiro atoms. The van der Waals surface area contributed by atoms with Crippen LogP contribution in [0.4, 0.5) is 10.8 Å². The van der Waals surface area contributed by atoms with Gasteiger partial charge in [-0.2, -0.15) is 5.10 Å². The van der Waals surface area contributed by atoms with Crippen molar-refractivity contribution >= 4 is 45.9 Å². The molecule has 10 heteroatoms. The van der Waals surface area contributed by atoms with Gasteiger partial charge in [0.1, 0.15) is 9.90 Å². The Morgan fingerprint density at radius 3 is 2.96 bits per heavy atom. The molecule has 0 atom stereocenters. The molecule has 0 saturated heterocycles. The first kappa shape index (κ1) is 16.8. The average molecular weight is 355 g/mol. The molecular formula is C13H11ClN4O4S. The molecule has 1 heterocycles. The topological polar surface area (TPSA) is 107 Å².